The average molecular weight is 366 g/mol. The maximum absolute atomic E-state index is 13.6. The van der Waals surface area contributed by atoms with E-state index in [0.29, 0.717) is 32.5 Å². The number of rotatable bonds is 3. The molecule has 0 spiro atoms. The van der Waals surface area contributed by atoms with Crippen molar-refractivity contribution >= 4 is 23.8 Å². The van der Waals surface area contributed by atoms with Crippen molar-refractivity contribution in [1.82, 2.24) is 10.2 Å². The number of hydrogen-bond donors (Lipinski definition) is 1. The molecule has 2 aliphatic rings. The van der Waals surface area contributed by atoms with Crippen LogP contribution in [-0.4, -0.2) is 42.3 Å². The van der Waals surface area contributed by atoms with Gasteiger partial charge in [0.2, 0.25) is 0 Å². The number of nitrogens with one attached hydrogen (secondary N) is 1. The maximum atomic E-state index is 13.6. The zero-order valence-corrected chi connectivity index (χ0v) is 15.1. The maximum Gasteiger partial charge on any atom is 0.317 e. The highest BCUT2D eigenvalue weighted by atomic mass is 32.2. The van der Waals surface area contributed by atoms with Crippen LogP contribution in [0.4, 0.5) is 9.18 Å². The SMILES string of the molecule is CCOC(=O)C1CCN(C(=O)NC2CCSc3ccc(F)cc32)CC1. The zero-order valence-electron chi connectivity index (χ0n) is 14.3. The first-order valence-electron chi connectivity index (χ1n) is 8.72. The van der Waals surface area contributed by atoms with Crippen LogP contribution in [0.5, 0.6) is 0 Å². The Morgan fingerprint density at radius 1 is 1.32 bits per heavy atom. The number of nitrogens with zero attached hydrogens (tertiary/aromatic N) is 1. The summed E-state index contributed by atoms with van der Waals surface area (Å²) in [4.78, 5) is 27.1. The summed E-state index contributed by atoms with van der Waals surface area (Å²) in [5.74, 6) is 0.325. The fourth-order valence-electron chi connectivity index (χ4n) is 3.33. The molecule has 3 rings (SSSR count). The summed E-state index contributed by atoms with van der Waals surface area (Å²) in [6, 6.07) is 4.44. The van der Waals surface area contributed by atoms with Crippen LogP contribution in [0.15, 0.2) is 23.1 Å². The molecule has 2 amide bonds. The molecule has 0 bridgehead atoms. The fraction of sp³-hybridized carbons (Fsp3) is 0.556. The number of fused-ring (bicyclic) bond motifs is 1. The second-order valence-corrected chi connectivity index (χ2v) is 7.47. The van der Waals surface area contributed by atoms with Crippen LogP contribution in [0.1, 0.15) is 37.8 Å². The van der Waals surface area contributed by atoms with Gasteiger partial charge in [0.1, 0.15) is 5.82 Å². The quantitative estimate of drug-likeness (QED) is 0.834. The third-order valence-corrected chi connectivity index (χ3v) is 5.83. The molecular formula is C18H23FN2O3S. The molecule has 1 atom stereocenters. The number of urea groups is 1. The summed E-state index contributed by atoms with van der Waals surface area (Å²) in [5.41, 5.74) is 0.853. The predicted octanol–water partition coefficient (Wildman–Crippen LogP) is 3.35. The normalized spacial score (nSPS) is 20.7. The second kappa shape index (κ2) is 8.08. The Morgan fingerprint density at radius 2 is 2.08 bits per heavy atom. The second-order valence-electron chi connectivity index (χ2n) is 6.33. The van der Waals surface area contributed by atoms with Crippen LogP contribution in [-0.2, 0) is 9.53 Å². The van der Waals surface area contributed by atoms with Crippen molar-refractivity contribution in [2.24, 2.45) is 5.92 Å². The highest BCUT2D eigenvalue weighted by Crippen LogP contribution is 2.36. The first-order chi connectivity index (χ1) is 12.1. The highest BCUT2D eigenvalue weighted by Gasteiger charge is 2.30. The topological polar surface area (TPSA) is 58.6 Å². The lowest BCUT2D eigenvalue weighted by Gasteiger charge is -2.33. The van der Waals surface area contributed by atoms with Gasteiger partial charge < -0.3 is 15.0 Å². The molecule has 2 aliphatic heterocycles. The fourth-order valence-corrected chi connectivity index (χ4v) is 4.44. The molecule has 0 aliphatic carbocycles. The van der Waals surface area contributed by atoms with Crippen molar-refractivity contribution < 1.29 is 18.7 Å². The molecule has 25 heavy (non-hydrogen) atoms. The van der Waals surface area contributed by atoms with Crippen LogP contribution in [0.3, 0.4) is 0 Å². The Labute approximate surface area is 151 Å². The molecule has 1 saturated heterocycles. The van der Waals surface area contributed by atoms with Crippen molar-refractivity contribution in [2.75, 3.05) is 25.4 Å². The number of benzene rings is 1. The highest BCUT2D eigenvalue weighted by molar-refractivity contribution is 7.99. The van der Waals surface area contributed by atoms with Crippen LogP contribution < -0.4 is 5.32 Å². The Hall–Kier alpha value is -1.76. The Bertz CT molecular complexity index is 647. The number of likely N-dealkylation sites (tertiary alicyclic amines) is 1. The monoisotopic (exact) mass is 366 g/mol. The van der Waals surface area contributed by atoms with Gasteiger partial charge in [0.15, 0.2) is 0 Å². The number of amides is 2. The summed E-state index contributed by atoms with van der Waals surface area (Å²) >= 11 is 1.69. The van der Waals surface area contributed by atoms with Crippen molar-refractivity contribution in [1.29, 1.82) is 0 Å². The number of halogens is 1. The molecular weight excluding hydrogens is 343 g/mol. The Morgan fingerprint density at radius 3 is 2.80 bits per heavy atom. The van der Waals surface area contributed by atoms with Gasteiger partial charge in [-0.3, -0.25) is 4.79 Å². The molecule has 0 radical (unpaired) electrons. The molecule has 2 heterocycles. The molecule has 1 unspecified atom stereocenters. The minimum Gasteiger partial charge on any atom is -0.466 e. The van der Waals surface area contributed by atoms with E-state index in [9.17, 15) is 14.0 Å². The van der Waals surface area contributed by atoms with E-state index in [2.05, 4.69) is 5.32 Å². The summed E-state index contributed by atoms with van der Waals surface area (Å²) in [5, 5.41) is 3.03. The van der Waals surface area contributed by atoms with Gasteiger partial charge in [-0.1, -0.05) is 0 Å². The first-order valence-corrected chi connectivity index (χ1v) is 9.71. The van der Waals surface area contributed by atoms with E-state index in [1.807, 2.05) is 0 Å². The van der Waals surface area contributed by atoms with Crippen LogP contribution in [0.2, 0.25) is 0 Å². The predicted molar refractivity (Wildman–Crippen MR) is 93.9 cm³/mol. The van der Waals surface area contributed by atoms with Gasteiger partial charge in [0, 0.05) is 23.7 Å². The van der Waals surface area contributed by atoms with Gasteiger partial charge in [-0.25, -0.2) is 9.18 Å². The standard InChI is InChI=1S/C18H23FN2O3S/c1-2-24-17(22)12-5-8-21(9-6-12)18(23)20-15-7-10-25-16-4-3-13(19)11-14(15)16/h3-4,11-12,15H,2,5-10H2,1H3,(H,20,23). The van der Waals surface area contributed by atoms with Gasteiger partial charge in [-0.05, 0) is 49.9 Å². The van der Waals surface area contributed by atoms with Crippen molar-refractivity contribution in [3.63, 3.8) is 0 Å². The molecule has 1 aromatic carbocycles. The Kier molecular flexibility index (Phi) is 5.83. The summed E-state index contributed by atoms with van der Waals surface area (Å²) in [6.07, 6.45) is 2.03. The summed E-state index contributed by atoms with van der Waals surface area (Å²) in [6.45, 7) is 3.25. The van der Waals surface area contributed by atoms with Crippen LogP contribution in [0.25, 0.3) is 0 Å². The summed E-state index contributed by atoms with van der Waals surface area (Å²) < 4.78 is 18.6. The first kappa shape index (κ1) is 18.0. The van der Waals surface area contributed by atoms with Crippen molar-refractivity contribution in [3.8, 4) is 0 Å². The lowest BCUT2D eigenvalue weighted by molar-refractivity contribution is -0.149. The number of carbonyl (C=O) groups is 2. The number of thioether (sulfide) groups is 1. The third kappa shape index (κ3) is 4.26. The van der Waals surface area contributed by atoms with Crippen LogP contribution >= 0.6 is 11.8 Å². The van der Waals surface area contributed by atoms with Gasteiger partial charge in [0.25, 0.3) is 0 Å². The van der Waals surface area contributed by atoms with E-state index < -0.39 is 0 Å². The average Bonchev–Trinajstić information content (AvgIpc) is 2.62. The van der Waals surface area contributed by atoms with Crippen molar-refractivity contribution in [3.05, 3.63) is 29.6 Å². The third-order valence-electron chi connectivity index (χ3n) is 4.71. The lowest BCUT2D eigenvalue weighted by Crippen LogP contribution is -2.47. The van der Waals surface area contributed by atoms with E-state index in [0.717, 1.165) is 22.6 Å². The molecule has 1 fully saturated rings. The van der Waals surface area contributed by atoms with Gasteiger partial charge in [-0.15, -0.1) is 11.8 Å². The van der Waals surface area contributed by atoms with Gasteiger partial charge in [0.05, 0.1) is 18.6 Å². The van der Waals surface area contributed by atoms with E-state index in [1.165, 1.54) is 12.1 Å². The number of piperidine rings is 1. The number of carbonyl (C=O) groups excluding carboxylic acids is 2. The minimum absolute atomic E-state index is 0.120. The van der Waals surface area contributed by atoms with E-state index in [1.54, 1.807) is 29.7 Å². The van der Waals surface area contributed by atoms with E-state index in [4.69, 9.17) is 4.74 Å². The number of hydrogen-bond acceptors (Lipinski definition) is 4. The van der Waals surface area contributed by atoms with E-state index in [-0.39, 0.29) is 29.8 Å². The summed E-state index contributed by atoms with van der Waals surface area (Å²) in [7, 11) is 0. The minimum atomic E-state index is -0.282. The number of ether oxygens (including phenoxy) is 1. The molecule has 136 valence electrons. The zero-order chi connectivity index (χ0) is 17.8. The number of esters is 1. The molecule has 0 aromatic heterocycles. The lowest BCUT2D eigenvalue weighted by atomic mass is 9.97. The Balaban J connectivity index is 1.58. The van der Waals surface area contributed by atoms with Crippen LogP contribution in [0, 0.1) is 11.7 Å². The van der Waals surface area contributed by atoms with Gasteiger partial charge in [-0.2, -0.15) is 0 Å². The van der Waals surface area contributed by atoms with E-state index >= 15 is 0 Å². The molecule has 1 N–H and O–H groups in total. The molecule has 5 nitrogen and oxygen atoms in total. The smallest absolute Gasteiger partial charge is 0.317 e. The largest absolute Gasteiger partial charge is 0.466 e. The molecule has 7 heteroatoms. The molecule has 1 aromatic rings. The molecule has 0 saturated carbocycles. The van der Waals surface area contributed by atoms with Crippen molar-refractivity contribution in [2.45, 2.75) is 37.1 Å². The van der Waals surface area contributed by atoms with Gasteiger partial charge >= 0.3 is 12.0 Å².